The van der Waals surface area contributed by atoms with E-state index < -0.39 is 11.7 Å². The highest BCUT2D eigenvalue weighted by atomic mass is 35.5. The molecule has 1 nitrogen and oxygen atoms in total. The summed E-state index contributed by atoms with van der Waals surface area (Å²) in [6, 6.07) is 4.10. The van der Waals surface area contributed by atoms with E-state index in [-0.39, 0.29) is 10.9 Å². The minimum absolute atomic E-state index is 0.170. The van der Waals surface area contributed by atoms with Crippen LogP contribution in [0.25, 0.3) is 0 Å². The highest BCUT2D eigenvalue weighted by Crippen LogP contribution is 2.48. The summed E-state index contributed by atoms with van der Waals surface area (Å²) in [5.41, 5.74) is 5.40. The summed E-state index contributed by atoms with van der Waals surface area (Å²) in [4.78, 5) is 0. The molecule has 1 fully saturated rings. The lowest BCUT2D eigenvalue weighted by molar-refractivity contribution is -0.137. The fourth-order valence-corrected chi connectivity index (χ4v) is 2.13. The van der Waals surface area contributed by atoms with E-state index in [0.29, 0.717) is 18.0 Å². The lowest BCUT2D eigenvalue weighted by atomic mass is 10.1. The van der Waals surface area contributed by atoms with Gasteiger partial charge in [-0.1, -0.05) is 17.7 Å². The summed E-state index contributed by atoms with van der Waals surface area (Å²) in [7, 11) is 0. The van der Waals surface area contributed by atoms with E-state index in [1.54, 1.807) is 6.07 Å². The molecule has 1 aromatic rings. The minimum Gasteiger partial charge on any atom is -0.330 e. The topological polar surface area (TPSA) is 26.0 Å². The zero-order chi connectivity index (χ0) is 11.9. The molecule has 16 heavy (non-hydrogen) atoms. The second-order valence-electron chi connectivity index (χ2n) is 4.08. The van der Waals surface area contributed by atoms with Crippen molar-refractivity contribution in [3.05, 3.63) is 34.3 Å². The summed E-state index contributed by atoms with van der Waals surface area (Å²) in [5.74, 6) is 0.491. The maximum atomic E-state index is 12.6. The Hall–Kier alpha value is -0.740. The first-order chi connectivity index (χ1) is 7.43. The number of halogens is 4. The van der Waals surface area contributed by atoms with Crippen molar-refractivity contribution < 1.29 is 13.2 Å². The smallest absolute Gasteiger partial charge is 0.330 e. The van der Waals surface area contributed by atoms with E-state index in [9.17, 15) is 13.2 Å². The van der Waals surface area contributed by atoms with Crippen molar-refractivity contribution in [1.82, 2.24) is 0 Å². The molecular weight excluding hydrogens is 239 g/mol. The van der Waals surface area contributed by atoms with Crippen LogP contribution in [0.4, 0.5) is 13.2 Å². The molecule has 1 saturated carbocycles. The zero-order valence-electron chi connectivity index (χ0n) is 8.39. The lowest BCUT2D eigenvalue weighted by Gasteiger charge is -2.10. The number of rotatable bonds is 2. The second-order valence-corrected chi connectivity index (χ2v) is 4.48. The molecule has 2 rings (SSSR count). The molecule has 0 radical (unpaired) electrons. The van der Waals surface area contributed by atoms with Crippen LogP contribution in [0, 0.1) is 5.92 Å². The standard InChI is InChI=1S/C11H11ClF3N/c12-10-2-1-6(8-3-7(8)5-16)4-9(10)11(13,14)15/h1-2,4,7-8H,3,5,16H2/t7-,8+/m0/s1. The Morgan fingerprint density at radius 1 is 1.38 bits per heavy atom. The Bertz CT molecular complexity index is 403. The maximum absolute atomic E-state index is 12.6. The Balaban J connectivity index is 2.30. The van der Waals surface area contributed by atoms with Crippen LogP contribution < -0.4 is 5.73 Å². The van der Waals surface area contributed by atoms with Crippen molar-refractivity contribution in [3.63, 3.8) is 0 Å². The first-order valence-corrected chi connectivity index (χ1v) is 5.38. The van der Waals surface area contributed by atoms with Crippen LogP contribution in [0.2, 0.25) is 5.02 Å². The van der Waals surface area contributed by atoms with Crippen LogP contribution in [0.15, 0.2) is 18.2 Å². The molecule has 0 heterocycles. The quantitative estimate of drug-likeness (QED) is 0.854. The molecule has 2 N–H and O–H groups in total. The van der Waals surface area contributed by atoms with Crippen LogP contribution in [-0.2, 0) is 6.18 Å². The van der Waals surface area contributed by atoms with E-state index in [2.05, 4.69) is 0 Å². The molecule has 1 aromatic carbocycles. The molecule has 88 valence electrons. The van der Waals surface area contributed by atoms with Gasteiger partial charge in [0.05, 0.1) is 10.6 Å². The zero-order valence-corrected chi connectivity index (χ0v) is 9.15. The third-order valence-electron chi connectivity index (χ3n) is 2.95. The van der Waals surface area contributed by atoms with Crippen molar-refractivity contribution >= 4 is 11.6 Å². The maximum Gasteiger partial charge on any atom is 0.417 e. The monoisotopic (exact) mass is 249 g/mol. The molecule has 0 saturated heterocycles. The van der Waals surface area contributed by atoms with Crippen molar-refractivity contribution in [1.29, 1.82) is 0 Å². The van der Waals surface area contributed by atoms with Gasteiger partial charge < -0.3 is 5.73 Å². The van der Waals surface area contributed by atoms with Gasteiger partial charge in [-0.3, -0.25) is 0 Å². The van der Waals surface area contributed by atoms with E-state index >= 15 is 0 Å². The van der Waals surface area contributed by atoms with E-state index in [4.69, 9.17) is 17.3 Å². The molecule has 0 aliphatic heterocycles. The predicted molar refractivity (Wildman–Crippen MR) is 56.4 cm³/mol. The van der Waals surface area contributed by atoms with Gasteiger partial charge in [0.2, 0.25) is 0 Å². The Kier molecular flexibility index (Phi) is 2.88. The summed E-state index contributed by atoms with van der Waals surface area (Å²) >= 11 is 5.53. The van der Waals surface area contributed by atoms with Crippen LogP contribution in [0.1, 0.15) is 23.5 Å². The third-order valence-corrected chi connectivity index (χ3v) is 3.28. The molecule has 0 amide bonds. The molecule has 0 aromatic heterocycles. The van der Waals surface area contributed by atoms with Gasteiger partial charge in [0.25, 0.3) is 0 Å². The molecular formula is C11H11ClF3N. The number of hydrogen-bond donors (Lipinski definition) is 1. The average molecular weight is 250 g/mol. The molecule has 1 aliphatic rings. The third kappa shape index (κ3) is 2.18. The number of alkyl halides is 3. The van der Waals surface area contributed by atoms with E-state index in [1.807, 2.05) is 0 Å². The lowest BCUT2D eigenvalue weighted by Crippen LogP contribution is -2.07. The summed E-state index contributed by atoms with van der Waals surface area (Å²) in [6.45, 7) is 0.522. The fourth-order valence-electron chi connectivity index (χ4n) is 1.91. The van der Waals surface area contributed by atoms with Gasteiger partial charge in [-0.15, -0.1) is 0 Å². The molecule has 1 aliphatic carbocycles. The fraction of sp³-hybridized carbons (Fsp3) is 0.455. The van der Waals surface area contributed by atoms with Gasteiger partial charge in [0.1, 0.15) is 0 Å². The van der Waals surface area contributed by atoms with Gasteiger partial charge in [-0.05, 0) is 42.5 Å². The van der Waals surface area contributed by atoms with Crippen molar-refractivity contribution in [2.24, 2.45) is 11.7 Å². The Morgan fingerprint density at radius 2 is 2.06 bits per heavy atom. The average Bonchev–Trinajstić information content (AvgIpc) is 2.96. The van der Waals surface area contributed by atoms with Gasteiger partial charge in [0, 0.05) is 0 Å². The molecule has 5 heteroatoms. The van der Waals surface area contributed by atoms with Crippen molar-refractivity contribution in [2.75, 3.05) is 6.54 Å². The SMILES string of the molecule is NC[C@@H]1C[C@@H]1c1ccc(Cl)c(C(F)(F)F)c1. The Labute approximate surface area is 96.4 Å². The van der Waals surface area contributed by atoms with Crippen LogP contribution >= 0.6 is 11.6 Å². The molecule has 0 spiro atoms. The molecule has 0 bridgehead atoms. The highest BCUT2D eigenvalue weighted by molar-refractivity contribution is 6.31. The first-order valence-electron chi connectivity index (χ1n) is 5.00. The van der Waals surface area contributed by atoms with E-state index in [1.165, 1.54) is 6.07 Å². The number of hydrogen-bond acceptors (Lipinski definition) is 1. The second kappa shape index (κ2) is 3.93. The minimum atomic E-state index is -4.39. The van der Waals surface area contributed by atoms with Crippen LogP contribution in [0.3, 0.4) is 0 Å². The van der Waals surface area contributed by atoms with Crippen LogP contribution in [0.5, 0.6) is 0 Å². The van der Waals surface area contributed by atoms with Crippen molar-refractivity contribution in [3.8, 4) is 0 Å². The first kappa shape index (κ1) is 11.7. The van der Waals surface area contributed by atoms with Gasteiger partial charge in [-0.2, -0.15) is 13.2 Å². The Morgan fingerprint density at radius 3 is 2.56 bits per heavy atom. The largest absolute Gasteiger partial charge is 0.417 e. The van der Waals surface area contributed by atoms with Gasteiger partial charge in [-0.25, -0.2) is 0 Å². The molecule has 2 atom stereocenters. The molecule has 0 unspecified atom stereocenters. The number of nitrogens with two attached hydrogens (primary N) is 1. The normalized spacial score (nSPS) is 24.6. The van der Waals surface area contributed by atoms with Gasteiger partial charge >= 0.3 is 6.18 Å². The van der Waals surface area contributed by atoms with Crippen molar-refractivity contribution in [2.45, 2.75) is 18.5 Å². The van der Waals surface area contributed by atoms with E-state index in [0.717, 1.165) is 12.5 Å². The summed E-state index contributed by atoms with van der Waals surface area (Å²) in [6.07, 6.45) is -3.52. The van der Waals surface area contributed by atoms with Crippen LogP contribution in [-0.4, -0.2) is 6.54 Å². The summed E-state index contributed by atoms with van der Waals surface area (Å²) in [5, 5.41) is -0.249. The number of benzene rings is 1. The summed E-state index contributed by atoms with van der Waals surface area (Å²) < 4.78 is 37.7. The predicted octanol–water partition coefficient (Wildman–Crippen LogP) is 3.42. The highest BCUT2D eigenvalue weighted by Gasteiger charge is 2.39. The van der Waals surface area contributed by atoms with Gasteiger partial charge in [0.15, 0.2) is 0 Å².